The zero-order valence-electron chi connectivity index (χ0n) is 21.1. The number of hydrogen-bond acceptors (Lipinski definition) is 6. The molecule has 2 aromatic rings. The molecule has 7 heteroatoms. The van der Waals surface area contributed by atoms with E-state index in [0.29, 0.717) is 19.3 Å². The molecule has 1 aromatic heterocycles. The third-order valence-corrected chi connectivity index (χ3v) is 7.47. The van der Waals surface area contributed by atoms with Crippen LogP contribution in [-0.4, -0.2) is 51.2 Å². The van der Waals surface area contributed by atoms with Crippen molar-refractivity contribution in [1.29, 1.82) is 0 Å². The highest BCUT2D eigenvalue weighted by atomic mass is 16.3. The molecule has 0 spiro atoms. The van der Waals surface area contributed by atoms with Gasteiger partial charge in [0.1, 0.15) is 11.8 Å². The average Bonchev–Trinajstić information content (AvgIpc) is 3.56. The van der Waals surface area contributed by atoms with Crippen LogP contribution in [0.15, 0.2) is 61.3 Å². The van der Waals surface area contributed by atoms with Gasteiger partial charge in [-0.3, -0.25) is 9.78 Å². The first-order valence-electron chi connectivity index (χ1n) is 13.1. The van der Waals surface area contributed by atoms with Crippen molar-refractivity contribution in [3.05, 3.63) is 83.8 Å². The fourth-order valence-corrected chi connectivity index (χ4v) is 5.56. The molecule has 3 N–H and O–H groups in total. The van der Waals surface area contributed by atoms with Crippen molar-refractivity contribution >= 4 is 11.6 Å². The normalized spacial score (nSPS) is 25.2. The van der Waals surface area contributed by atoms with E-state index in [0.717, 1.165) is 61.4 Å². The quantitative estimate of drug-likeness (QED) is 0.493. The van der Waals surface area contributed by atoms with Crippen LogP contribution < -0.4 is 10.7 Å². The molecule has 3 unspecified atom stereocenters. The molecule has 36 heavy (non-hydrogen) atoms. The largest absolute Gasteiger partial charge is 0.384 e. The first-order chi connectivity index (χ1) is 17.4. The Morgan fingerprint density at radius 3 is 2.78 bits per heavy atom. The van der Waals surface area contributed by atoms with Crippen molar-refractivity contribution < 1.29 is 9.90 Å². The van der Waals surface area contributed by atoms with Gasteiger partial charge in [-0.15, -0.1) is 6.58 Å². The summed E-state index contributed by atoms with van der Waals surface area (Å²) < 4.78 is 0. The van der Waals surface area contributed by atoms with E-state index in [-0.39, 0.29) is 18.1 Å². The molecule has 3 heterocycles. The number of aromatic nitrogens is 1. The van der Waals surface area contributed by atoms with Crippen molar-refractivity contribution in [1.82, 2.24) is 20.3 Å². The molecule has 0 radical (unpaired) electrons. The van der Waals surface area contributed by atoms with Gasteiger partial charge in [0.2, 0.25) is 5.91 Å². The van der Waals surface area contributed by atoms with Crippen molar-refractivity contribution in [2.24, 2.45) is 0 Å². The summed E-state index contributed by atoms with van der Waals surface area (Å²) in [5.41, 5.74) is 7.55. The number of aliphatic hydroxyl groups is 1. The van der Waals surface area contributed by atoms with Crippen molar-refractivity contribution in [3.8, 4) is 0 Å². The van der Waals surface area contributed by atoms with Crippen LogP contribution in [-0.2, 0) is 29.7 Å². The van der Waals surface area contributed by atoms with Crippen LogP contribution in [0.2, 0.25) is 0 Å². The molecule has 1 fully saturated rings. The highest BCUT2D eigenvalue weighted by molar-refractivity contribution is 5.76. The number of carbonyl (C=O) groups is 1. The topological polar surface area (TPSA) is 80.7 Å². The molecule has 2 aliphatic heterocycles. The van der Waals surface area contributed by atoms with Gasteiger partial charge in [0, 0.05) is 49.9 Å². The minimum Gasteiger partial charge on any atom is -0.384 e. The van der Waals surface area contributed by atoms with Gasteiger partial charge in [0.05, 0.1) is 11.7 Å². The predicted molar refractivity (Wildman–Crippen MR) is 142 cm³/mol. The maximum absolute atomic E-state index is 12.3. The summed E-state index contributed by atoms with van der Waals surface area (Å²) >= 11 is 0. The van der Waals surface area contributed by atoms with Crippen molar-refractivity contribution in [2.45, 2.75) is 69.7 Å². The molecular formula is C29H37N5O2. The number of fused-ring (bicyclic) bond motifs is 1. The van der Waals surface area contributed by atoms with Crippen molar-refractivity contribution in [2.75, 3.05) is 18.4 Å². The number of rotatable bonds is 8. The Morgan fingerprint density at radius 1 is 1.25 bits per heavy atom. The van der Waals surface area contributed by atoms with Crippen LogP contribution in [0.4, 0.5) is 5.69 Å². The highest BCUT2D eigenvalue weighted by Gasteiger charge is 2.39. The average molecular weight is 488 g/mol. The molecule has 3 atom stereocenters. The molecule has 190 valence electrons. The summed E-state index contributed by atoms with van der Waals surface area (Å²) in [7, 11) is 0. The molecule has 7 nitrogen and oxygen atoms in total. The lowest BCUT2D eigenvalue weighted by Gasteiger charge is -2.40. The van der Waals surface area contributed by atoms with Gasteiger partial charge in [-0.1, -0.05) is 24.3 Å². The fourth-order valence-electron chi connectivity index (χ4n) is 5.56. The second-order valence-corrected chi connectivity index (χ2v) is 10.4. The number of nitrogens with zero attached hydrogens (tertiary/aromatic N) is 3. The summed E-state index contributed by atoms with van der Waals surface area (Å²) in [6.07, 6.45) is 11.7. The Bertz CT molecular complexity index is 1120. The number of aryl methyl sites for hydroxylation is 1. The minimum absolute atomic E-state index is 0.0352. The SMILES string of the molecule is C=CCc1ccc2c(n1)C(C)(O)CC(N1C=CC(Nc3ccc(CCC(=O)N4CCCC4)cc3)N1)C2. The summed E-state index contributed by atoms with van der Waals surface area (Å²) in [5, 5.41) is 16.8. The second kappa shape index (κ2) is 10.4. The van der Waals surface area contributed by atoms with Crippen LogP contribution in [0.3, 0.4) is 0 Å². The maximum atomic E-state index is 12.3. The first-order valence-corrected chi connectivity index (χ1v) is 13.1. The van der Waals surface area contributed by atoms with E-state index in [1.165, 1.54) is 5.56 Å². The van der Waals surface area contributed by atoms with Crippen LogP contribution >= 0.6 is 0 Å². The number of allylic oxidation sites excluding steroid dienone is 1. The Balaban J connectivity index is 1.14. The number of hydrazine groups is 1. The number of hydrogen-bond donors (Lipinski definition) is 3. The molecule has 0 bridgehead atoms. The van der Waals surface area contributed by atoms with Crippen LogP contribution in [0.25, 0.3) is 0 Å². The number of nitrogens with one attached hydrogen (secondary N) is 2. The molecule has 1 aromatic carbocycles. The zero-order chi connectivity index (χ0) is 25.1. The van der Waals surface area contributed by atoms with E-state index in [9.17, 15) is 9.90 Å². The number of anilines is 1. The molecule has 3 aliphatic rings. The molecule has 1 amide bonds. The number of likely N-dealkylation sites (tertiary alicyclic amines) is 1. The number of benzene rings is 1. The monoisotopic (exact) mass is 487 g/mol. The third kappa shape index (κ3) is 5.47. The summed E-state index contributed by atoms with van der Waals surface area (Å²) in [4.78, 5) is 19.0. The van der Waals surface area contributed by atoms with Gasteiger partial charge in [0.15, 0.2) is 0 Å². The minimum atomic E-state index is -0.984. The Kier molecular flexibility index (Phi) is 7.12. The molecule has 1 saturated heterocycles. The van der Waals surface area contributed by atoms with Crippen LogP contribution in [0.1, 0.15) is 55.1 Å². The van der Waals surface area contributed by atoms with Crippen molar-refractivity contribution in [3.63, 3.8) is 0 Å². The molecular weight excluding hydrogens is 450 g/mol. The zero-order valence-corrected chi connectivity index (χ0v) is 21.1. The van der Waals surface area contributed by atoms with E-state index >= 15 is 0 Å². The number of pyridine rings is 1. The van der Waals surface area contributed by atoms with E-state index in [4.69, 9.17) is 4.98 Å². The van der Waals surface area contributed by atoms with E-state index in [2.05, 4.69) is 64.9 Å². The lowest BCUT2D eigenvalue weighted by Crippen LogP contribution is -2.50. The molecule has 1 aliphatic carbocycles. The third-order valence-electron chi connectivity index (χ3n) is 7.47. The van der Waals surface area contributed by atoms with Gasteiger partial charge >= 0.3 is 0 Å². The summed E-state index contributed by atoms with van der Waals surface area (Å²) in [5.74, 6) is 0.271. The Morgan fingerprint density at radius 2 is 2.03 bits per heavy atom. The Hall–Kier alpha value is -3.16. The van der Waals surface area contributed by atoms with Gasteiger partial charge in [-0.25, -0.2) is 5.43 Å². The number of amides is 1. The lowest BCUT2D eigenvalue weighted by atomic mass is 9.80. The number of carbonyl (C=O) groups excluding carboxylic acids is 1. The second-order valence-electron chi connectivity index (χ2n) is 10.4. The highest BCUT2D eigenvalue weighted by Crippen LogP contribution is 2.36. The van der Waals surface area contributed by atoms with Gasteiger partial charge in [0.25, 0.3) is 0 Å². The maximum Gasteiger partial charge on any atom is 0.222 e. The fraction of sp³-hybridized carbons (Fsp3) is 0.448. The van der Waals surface area contributed by atoms with Crippen LogP contribution in [0, 0.1) is 0 Å². The van der Waals surface area contributed by atoms with E-state index in [1.54, 1.807) is 0 Å². The van der Waals surface area contributed by atoms with Gasteiger partial charge in [-0.05, 0) is 68.0 Å². The lowest BCUT2D eigenvalue weighted by molar-refractivity contribution is -0.130. The summed E-state index contributed by atoms with van der Waals surface area (Å²) in [6, 6.07) is 12.6. The van der Waals surface area contributed by atoms with Gasteiger partial charge in [-0.2, -0.15) is 0 Å². The molecule has 0 saturated carbocycles. The standard InChI is InChI=1S/C29H37N5O2/c1-3-6-23-13-10-22-19-25(20-29(2,36)28(22)31-23)34-18-15-26(32-34)30-24-11-7-21(8-12-24)9-14-27(35)33-16-4-5-17-33/h3,7-8,10-13,15,18,25-26,30,32,36H,1,4-6,9,14,16-17,19-20H2,2H3. The summed E-state index contributed by atoms with van der Waals surface area (Å²) in [6.45, 7) is 7.48. The Labute approximate surface area is 213 Å². The first kappa shape index (κ1) is 24.5. The van der Waals surface area contributed by atoms with Gasteiger partial charge < -0.3 is 20.3 Å². The van der Waals surface area contributed by atoms with E-state index < -0.39 is 5.60 Å². The van der Waals surface area contributed by atoms with E-state index in [1.807, 2.05) is 24.0 Å². The smallest absolute Gasteiger partial charge is 0.222 e. The predicted octanol–water partition coefficient (Wildman–Crippen LogP) is 3.66. The molecule has 5 rings (SSSR count). The van der Waals surface area contributed by atoms with Crippen LogP contribution in [0.5, 0.6) is 0 Å².